The average molecular weight is 223 g/mol. The number of aromatic nitrogens is 3. The first-order valence-corrected chi connectivity index (χ1v) is 5.75. The van der Waals surface area contributed by atoms with E-state index in [1.807, 2.05) is 16.9 Å². The minimum Gasteiger partial charge on any atom is -0.386 e. The summed E-state index contributed by atoms with van der Waals surface area (Å²) in [5.74, 6) is 0. The quantitative estimate of drug-likeness (QED) is 0.857. The first-order chi connectivity index (χ1) is 7.31. The first kappa shape index (κ1) is 10.3. The molecule has 80 valence electrons. The number of hydrogen-bond donors (Lipinski definition) is 1. The van der Waals surface area contributed by atoms with Crippen molar-refractivity contribution in [1.29, 1.82) is 0 Å². The molecule has 0 fully saturated rings. The Labute approximate surface area is 92.2 Å². The predicted octanol–water partition coefficient (Wildman–Crippen LogP) is 1.64. The van der Waals surface area contributed by atoms with Gasteiger partial charge in [0.15, 0.2) is 0 Å². The van der Waals surface area contributed by atoms with Gasteiger partial charge in [-0.05, 0) is 6.92 Å². The Hall–Kier alpha value is -1.20. The third-order valence-corrected chi connectivity index (χ3v) is 3.08. The van der Waals surface area contributed by atoms with Crippen LogP contribution in [0.25, 0.3) is 0 Å². The van der Waals surface area contributed by atoms with Crippen LogP contribution in [0.3, 0.4) is 0 Å². The maximum Gasteiger partial charge on any atom is 0.102 e. The number of aliphatic hydroxyl groups excluding tert-OH is 1. The van der Waals surface area contributed by atoms with E-state index < -0.39 is 6.10 Å². The van der Waals surface area contributed by atoms with Crippen LogP contribution < -0.4 is 0 Å². The predicted molar refractivity (Wildman–Crippen MR) is 58.7 cm³/mol. The molecule has 2 heterocycles. The Morgan fingerprint density at radius 1 is 1.60 bits per heavy atom. The molecule has 0 radical (unpaired) electrons. The number of aryl methyl sites for hydroxylation is 1. The van der Waals surface area contributed by atoms with Crippen LogP contribution in [0.5, 0.6) is 0 Å². The third-order valence-electron chi connectivity index (χ3n) is 2.28. The molecule has 0 spiro atoms. The van der Waals surface area contributed by atoms with E-state index in [9.17, 15) is 5.11 Å². The molecule has 0 aliphatic carbocycles. The Morgan fingerprint density at radius 3 is 3.13 bits per heavy atom. The molecular weight excluding hydrogens is 210 g/mol. The average Bonchev–Trinajstić information content (AvgIpc) is 2.86. The Bertz CT molecular complexity index is 410. The molecule has 0 bridgehead atoms. The molecule has 4 nitrogen and oxygen atoms in total. The van der Waals surface area contributed by atoms with Gasteiger partial charge in [0, 0.05) is 24.5 Å². The summed E-state index contributed by atoms with van der Waals surface area (Å²) >= 11 is 1.56. The molecule has 0 amide bonds. The maximum absolute atomic E-state index is 10.00. The maximum atomic E-state index is 10.00. The van der Waals surface area contributed by atoms with Gasteiger partial charge in [0.2, 0.25) is 0 Å². The molecule has 0 saturated carbocycles. The van der Waals surface area contributed by atoms with Gasteiger partial charge in [-0.1, -0.05) is 0 Å². The molecule has 0 aromatic carbocycles. The summed E-state index contributed by atoms with van der Waals surface area (Å²) in [6, 6.07) is 0. The van der Waals surface area contributed by atoms with Gasteiger partial charge in [-0.2, -0.15) is 0 Å². The van der Waals surface area contributed by atoms with E-state index in [4.69, 9.17) is 0 Å². The van der Waals surface area contributed by atoms with E-state index in [-0.39, 0.29) is 0 Å². The van der Waals surface area contributed by atoms with Crippen molar-refractivity contribution in [3.05, 3.63) is 34.8 Å². The van der Waals surface area contributed by atoms with Crippen molar-refractivity contribution < 1.29 is 5.11 Å². The Balaban J connectivity index is 2.11. The highest BCUT2D eigenvalue weighted by molar-refractivity contribution is 7.09. The van der Waals surface area contributed by atoms with Crippen LogP contribution >= 0.6 is 11.3 Å². The van der Waals surface area contributed by atoms with E-state index in [0.29, 0.717) is 6.42 Å². The first-order valence-electron chi connectivity index (χ1n) is 4.87. The zero-order valence-corrected chi connectivity index (χ0v) is 9.31. The molecule has 2 aromatic rings. The number of imidazole rings is 1. The van der Waals surface area contributed by atoms with Crippen LogP contribution in [0, 0.1) is 0 Å². The number of thiazole rings is 1. The second kappa shape index (κ2) is 4.55. The number of hydrogen-bond acceptors (Lipinski definition) is 4. The summed E-state index contributed by atoms with van der Waals surface area (Å²) in [7, 11) is 0. The third kappa shape index (κ3) is 2.24. The molecule has 1 N–H and O–H groups in total. The summed E-state index contributed by atoms with van der Waals surface area (Å²) in [6.45, 7) is 2.85. The fourth-order valence-corrected chi connectivity index (χ4v) is 2.15. The molecule has 0 saturated heterocycles. The van der Waals surface area contributed by atoms with Crippen molar-refractivity contribution in [3.63, 3.8) is 0 Å². The monoisotopic (exact) mass is 223 g/mol. The van der Waals surface area contributed by atoms with E-state index in [0.717, 1.165) is 17.2 Å². The lowest BCUT2D eigenvalue weighted by Crippen LogP contribution is -2.08. The molecule has 15 heavy (non-hydrogen) atoms. The van der Waals surface area contributed by atoms with Gasteiger partial charge in [0.1, 0.15) is 6.10 Å². The van der Waals surface area contributed by atoms with Gasteiger partial charge in [-0.3, -0.25) is 0 Å². The van der Waals surface area contributed by atoms with Gasteiger partial charge in [0.25, 0.3) is 0 Å². The second-order valence-corrected chi connectivity index (χ2v) is 4.23. The molecule has 2 aromatic heterocycles. The summed E-state index contributed by atoms with van der Waals surface area (Å²) in [4.78, 5) is 8.18. The molecule has 1 atom stereocenters. The smallest absolute Gasteiger partial charge is 0.102 e. The standard InChI is InChI=1S/C10H13N3OS/c1-2-13-7-11-6-8(13)9(14)5-10-12-3-4-15-10/h3-4,6-7,9,14H,2,5H2,1H3. The van der Waals surface area contributed by atoms with Gasteiger partial charge in [-0.25, -0.2) is 9.97 Å². The highest BCUT2D eigenvalue weighted by Gasteiger charge is 2.13. The van der Waals surface area contributed by atoms with Crippen molar-refractivity contribution in [2.45, 2.75) is 26.0 Å². The van der Waals surface area contributed by atoms with Crippen molar-refractivity contribution >= 4 is 11.3 Å². The summed E-state index contributed by atoms with van der Waals surface area (Å²) in [5.41, 5.74) is 0.854. The minimum atomic E-state index is -0.515. The van der Waals surface area contributed by atoms with Crippen LogP contribution in [0.1, 0.15) is 23.7 Å². The van der Waals surface area contributed by atoms with Crippen molar-refractivity contribution in [2.75, 3.05) is 0 Å². The highest BCUT2D eigenvalue weighted by Crippen LogP contribution is 2.19. The van der Waals surface area contributed by atoms with Crippen LogP contribution in [0.4, 0.5) is 0 Å². The summed E-state index contributed by atoms with van der Waals surface area (Å²) < 4.78 is 1.94. The fourth-order valence-electron chi connectivity index (χ4n) is 1.50. The molecule has 5 heteroatoms. The zero-order valence-electron chi connectivity index (χ0n) is 8.50. The molecule has 1 unspecified atom stereocenters. The van der Waals surface area contributed by atoms with Gasteiger partial charge in [0.05, 0.1) is 23.2 Å². The van der Waals surface area contributed by atoms with E-state index >= 15 is 0 Å². The van der Waals surface area contributed by atoms with E-state index in [1.54, 1.807) is 30.1 Å². The number of rotatable bonds is 4. The largest absolute Gasteiger partial charge is 0.386 e. The Morgan fingerprint density at radius 2 is 2.47 bits per heavy atom. The summed E-state index contributed by atoms with van der Waals surface area (Å²) in [5, 5.41) is 12.9. The zero-order chi connectivity index (χ0) is 10.7. The minimum absolute atomic E-state index is 0.515. The number of aliphatic hydroxyl groups is 1. The molecule has 0 aliphatic rings. The normalized spacial score (nSPS) is 12.9. The van der Waals surface area contributed by atoms with E-state index in [1.165, 1.54) is 0 Å². The van der Waals surface area contributed by atoms with Crippen molar-refractivity contribution in [1.82, 2.24) is 14.5 Å². The lowest BCUT2D eigenvalue weighted by molar-refractivity contribution is 0.169. The Kier molecular flexibility index (Phi) is 3.13. The SMILES string of the molecule is CCn1cncc1C(O)Cc1nccs1. The van der Waals surface area contributed by atoms with E-state index in [2.05, 4.69) is 9.97 Å². The number of nitrogens with zero attached hydrogens (tertiary/aromatic N) is 3. The fraction of sp³-hybridized carbons (Fsp3) is 0.400. The van der Waals surface area contributed by atoms with Gasteiger partial charge in [-0.15, -0.1) is 11.3 Å². The molecular formula is C10H13N3OS. The topological polar surface area (TPSA) is 50.9 Å². The molecule has 0 aliphatic heterocycles. The van der Waals surface area contributed by atoms with Crippen LogP contribution in [0.2, 0.25) is 0 Å². The van der Waals surface area contributed by atoms with Crippen LogP contribution in [-0.4, -0.2) is 19.6 Å². The van der Waals surface area contributed by atoms with Crippen molar-refractivity contribution in [3.8, 4) is 0 Å². The lowest BCUT2D eigenvalue weighted by atomic mass is 10.2. The summed E-state index contributed by atoms with van der Waals surface area (Å²) in [6.07, 6.45) is 5.24. The second-order valence-electron chi connectivity index (χ2n) is 3.25. The highest BCUT2D eigenvalue weighted by atomic mass is 32.1. The lowest BCUT2D eigenvalue weighted by Gasteiger charge is -2.10. The van der Waals surface area contributed by atoms with Gasteiger partial charge < -0.3 is 9.67 Å². The molecule has 2 rings (SSSR count). The van der Waals surface area contributed by atoms with Crippen molar-refractivity contribution in [2.24, 2.45) is 0 Å². The van der Waals surface area contributed by atoms with Crippen LogP contribution in [0.15, 0.2) is 24.1 Å². The van der Waals surface area contributed by atoms with Crippen LogP contribution in [-0.2, 0) is 13.0 Å². The van der Waals surface area contributed by atoms with Gasteiger partial charge >= 0.3 is 0 Å².